The molecule has 3 aromatic rings. The molecule has 0 saturated carbocycles. The number of pyridine rings is 2. The Labute approximate surface area is 239 Å². The number of carbonyl (C=O) groups is 1. The molecule has 2 aliphatic rings. The minimum absolute atomic E-state index is 0.0487. The van der Waals surface area contributed by atoms with Crippen LogP contribution in [-0.2, 0) is 10.9 Å². The Bertz CT molecular complexity index is 1440. The van der Waals surface area contributed by atoms with Crippen molar-refractivity contribution in [2.24, 2.45) is 17.6 Å². The Morgan fingerprint density at radius 3 is 2.62 bits per heavy atom. The molecule has 224 valence electrons. The fourth-order valence-corrected chi connectivity index (χ4v) is 5.15. The monoisotopic (exact) mass is 587 g/mol. The maximum Gasteiger partial charge on any atom is 0.418 e. The van der Waals surface area contributed by atoms with Crippen molar-refractivity contribution in [1.29, 1.82) is 0 Å². The highest BCUT2D eigenvalue weighted by atomic mass is 19.4. The summed E-state index contributed by atoms with van der Waals surface area (Å²) in [6.45, 7) is 4.66. The van der Waals surface area contributed by atoms with Crippen LogP contribution < -0.4 is 26.6 Å². The van der Waals surface area contributed by atoms with Crippen molar-refractivity contribution in [2.75, 3.05) is 66.8 Å². The zero-order valence-electron chi connectivity index (χ0n) is 22.9. The van der Waals surface area contributed by atoms with Gasteiger partial charge in [0, 0.05) is 50.9 Å². The second-order valence-corrected chi connectivity index (χ2v) is 10.3. The van der Waals surface area contributed by atoms with E-state index in [0.29, 0.717) is 50.9 Å². The van der Waals surface area contributed by atoms with Crippen molar-refractivity contribution in [2.45, 2.75) is 19.1 Å². The number of aliphatic hydroxyl groups is 1. The highest BCUT2D eigenvalue weighted by Gasteiger charge is 2.36. The van der Waals surface area contributed by atoms with Crippen LogP contribution in [0.15, 0.2) is 36.7 Å². The Morgan fingerprint density at radius 2 is 1.90 bits per heavy atom. The summed E-state index contributed by atoms with van der Waals surface area (Å²) in [5.41, 5.74) is 10.7. The first kappa shape index (κ1) is 29.4. The Morgan fingerprint density at radius 1 is 1.14 bits per heavy atom. The van der Waals surface area contributed by atoms with Crippen LogP contribution in [0.3, 0.4) is 0 Å². The van der Waals surface area contributed by atoms with Gasteiger partial charge in [0.05, 0.1) is 30.7 Å². The van der Waals surface area contributed by atoms with Crippen LogP contribution in [0, 0.1) is 11.8 Å². The first-order chi connectivity index (χ1) is 20.1. The number of alkyl halides is 3. The standard InChI is InChI=1S/C27H32F3N9O3/c1-15-16(14-40)12-39(13-18(15)31)20-3-2-6-33-25(20)37-26(41)23-24(32)34-11-19(35-23)22-17(27(28,29)30)4-5-21(36-22)38-7-9-42-10-8-38/h2-6,11,15-16,18,40H,7-10,12-14,31H2,1H3,(H2,32,34)(H,33,37,41). The molecule has 3 unspecified atom stereocenters. The van der Waals surface area contributed by atoms with Crippen LogP contribution in [0.2, 0.25) is 0 Å². The molecule has 2 saturated heterocycles. The predicted octanol–water partition coefficient (Wildman–Crippen LogP) is 2.02. The van der Waals surface area contributed by atoms with Gasteiger partial charge in [0.25, 0.3) is 5.91 Å². The highest BCUT2D eigenvalue weighted by molar-refractivity contribution is 6.06. The van der Waals surface area contributed by atoms with Gasteiger partial charge in [-0.2, -0.15) is 13.2 Å². The van der Waals surface area contributed by atoms with Gasteiger partial charge >= 0.3 is 6.18 Å². The number of halogens is 3. The SMILES string of the molecule is CC1C(N)CN(c2cccnc2NC(=O)c2nc(-c3nc(N4CCOCC4)ccc3C(F)(F)F)cnc2N)CC1CO. The third kappa shape index (κ3) is 6.07. The topological polar surface area (TPSA) is 169 Å². The summed E-state index contributed by atoms with van der Waals surface area (Å²) in [6, 6.07) is 5.47. The normalized spacial score (nSPS) is 21.3. The second-order valence-electron chi connectivity index (χ2n) is 10.3. The van der Waals surface area contributed by atoms with Gasteiger partial charge in [0.15, 0.2) is 17.3 Å². The summed E-state index contributed by atoms with van der Waals surface area (Å²) in [5.74, 6) is -0.584. The van der Waals surface area contributed by atoms with Crippen molar-refractivity contribution in [3.8, 4) is 11.4 Å². The number of nitrogens with two attached hydrogens (primary N) is 2. The van der Waals surface area contributed by atoms with E-state index in [2.05, 4.69) is 25.3 Å². The van der Waals surface area contributed by atoms with Crippen LogP contribution in [0.1, 0.15) is 23.0 Å². The zero-order chi connectivity index (χ0) is 30.0. The van der Waals surface area contributed by atoms with E-state index in [-0.39, 0.29) is 47.5 Å². The van der Waals surface area contributed by atoms with Crippen LogP contribution in [0.4, 0.5) is 36.3 Å². The lowest BCUT2D eigenvalue weighted by Gasteiger charge is -2.41. The lowest BCUT2D eigenvalue weighted by Crippen LogP contribution is -2.53. The number of aliphatic hydroxyl groups excluding tert-OH is 1. The van der Waals surface area contributed by atoms with Crippen LogP contribution in [-0.4, -0.2) is 83.0 Å². The summed E-state index contributed by atoms with van der Waals surface area (Å²) in [4.78, 5) is 33.9. The van der Waals surface area contributed by atoms with Crippen LogP contribution in [0.5, 0.6) is 0 Å². The third-order valence-corrected chi connectivity index (χ3v) is 7.68. The molecule has 42 heavy (non-hydrogen) atoms. The van der Waals surface area contributed by atoms with E-state index < -0.39 is 23.3 Å². The predicted molar refractivity (Wildman–Crippen MR) is 150 cm³/mol. The van der Waals surface area contributed by atoms with Crippen LogP contribution in [0.25, 0.3) is 11.4 Å². The molecule has 3 atom stereocenters. The quantitative estimate of drug-likeness (QED) is 0.333. The third-order valence-electron chi connectivity index (χ3n) is 7.68. The van der Waals surface area contributed by atoms with Gasteiger partial charge < -0.3 is 36.4 Å². The number of nitrogens with one attached hydrogen (secondary N) is 1. The van der Waals surface area contributed by atoms with Crippen molar-refractivity contribution in [3.05, 3.63) is 47.9 Å². The number of aromatic nitrogens is 4. The van der Waals surface area contributed by atoms with Crippen LogP contribution >= 0.6 is 0 Å². The van der Waals surface area contributed by atoms with Crippen molar-refractivity contribution >= 4 is 29.0 Å². The Balaban J connectivity index is 1.47. The molecule has 2 aliphatic heterocycles. The molecule has 0 aromatic carbocycles. The molecular formula is C27H32F3N9O3. The number of nitrogen functional groups attached to an aromatic ring is 1. The zero-order valence-corrected chi connectivity index (χ0v) is 22.9. The number of hydrogen-bond donors (Lipinski definition) is 4. The molecular weight excluding hydrogens is 555 g/mol. The van der Waals surface area contributed by atoms with E-state index in [9.17, 15) is 23.1 Å². The molecule has 15 heteroatoms. The number of nitrogens with zero attached hydrogens (tertiary/aromatic N) is 6. The van der Waals surface area contributed by atoms with Crippen molar-refractivity contribution in [3.63, 3.8) is 0 Å². The summed E-state index contributed by atoms with van der Waals surface area (Å²) < 4.78 is 47.3. The molecule has 12 nitrogen and oxygen atoms in total. The van der Waals surface area contributed by atoms with E-state index in [1.807, 2.05) is 16.7 Å². The maximum absolute atomic E-state index is 14.0. The lowest BCUT2D eigenvalue weighted by molar-refractivity contribution is -0.137. The average molecular weight is 588 g/mol. The summed E-state index contributed by atoms with van der Waals surface area (Å²) in [5, 5.41) is 12.5. The van der Waals surface area contributed by atoms with Gasteiger partial charge in [0.2, 0.25) is 0 Å². The van der Waals surface area contributed by atoms with E-state index >= 15 is 0 Å². The van der Waals surface area contributed by atoms with Crippen molar-refractivity contribution in [1.82, 2.24) is 19.9 Å². The Hall–Kier alpha value is -4.08. The molecule has 0 spiro atoms. The number of anilines is 4. The van der Waals surface area contributed by atoms with E-state index in [1.165, 1.54) is 12.3 Å². The maximum atomic E-state index is 14.0. The Kier molecular flexibility index (Phi) is 8.43. The number of morpholine rings is 1. The van der Waals surface area contributed by atoms with Gasteiger partial charge in [-0.15, -0.1) is 0 Å². The number of carbonyl (C=O) groups excluding carboxylic acids is 1. The average Bonchev–Trinajstić information content (AvgIpc) is 2.98. The molecule has 2 fully saturated rings. The fraction of sp³-hybridized carbons (Fsp3) is 0.444. The number of ether oxygens (including phenoxy) is 1. The minimum Gasteiger partial charge on any atom is -0.396 e. The highest BCUT2D eigenvalue weighted by Crippen LogP contribution is 2.37. The summed E-state index contributed by atoms with van der Waals surface area (Å²) >= 11 is 0. The number of amides is 1. The molecule has 3 aromatic heterocycles. The van der Waals surface area contributed by atoms with Gasteiger partial charge in [-0.25, -0.2) is 19.9 Å². The summed E-state index contributed by atoms with van der Waals surface area (Å²) in [6.07, 6.45) is -2.19. The van der Waals surface area contributed by atoms with E-state index in [4.69, 9.17) is 16.2 Å². The molecule has 1 amide bonds. The van der Waals surface area contributed by atoms with E-state index in [1.54, 1.807) is 12.1 Å². The van der Waals surface area contributed by atoms with E-state index in [0.717, 1.165) is 12.3 Å². The first-order valence-corrected chi connectivity index (χ1v) is 13.5. The molecule has 0 bridgehead atoms. The molecule has 5 heterocycles. The minimum atomic E-state index is -4.74. The first-order valence-electron chi connectivity index (χ1n) is 13.5. The second kappa shape index (κ2) is 12.0. The number of hydrogen-bond acceptors (Lipinski definition) is 11. The van der Waals surface area contributed by atoms with Gasteiger partial charge in [0.1, 0.15) is 17.2 Å². The molecule has 0 radical (unpaired) electrons. The molecule has 6 N–H and O–H groups in total. The molecule has 0 aliphatic carbocycles. The van der Waals surface area contributed by atoms with Crippen molar-refractivity contribution < 1.29 is 27.8 Å². The van der Waals surface area contributed by atoms with Gasteiger partial charge in [-0.1, -0.05) is 6.92 Å². The van der Waals surface area contributed by atoms with Gasteiger partial charge in [-0.05, 0) is 30.2 Å². The molecule has 5 rings (SSSR count). The number of rotatable bonds is 6. The largest absolute Gasteiger partial charge is 0.418 e. The number of piperidine rings is 1. The summed E-state index contributed by atoms with van der Waals surface area (Å²) in [7, 11) is 0. The fourth-order valence-electron chi connectivity index (χ4n) is 5.15. The smallest absolute Gasteiger partial charge is 0.396 e. The lowest BCUT2D eigenvalue weighted by atomic mass is 9.84. The van der Waals surface area contributed by atoms with Gasteiger partial charge in [-0.3, -0.25) is 4.79 Å².